The van der Waals surface area contributed by atoms with E-state index in [4.69, 9.17) is 0 Å². The van der Waals surface area contributed by atoms with Crippen LogP contribution < -0.4 is 29.6 Å². The van der Waals surface area contributed by atoms with Crippen molar-refractivity contribution in [3.8, 4) is 0 Å². The molecule has 0 rings (SSSR count). The predicted molar refractivity (Wildman–Crippen MR) is 38.6 cm³/mol. The molecular weight excluding hydrogens is 106 g/mol. The SMILES string of the molecule is CC[BH-](CC)CC.[Na+]. The van der Waals surface area contributed by atoms with Gasteiger partial charge in [0.15, 0.2) is 0 Å². The van der Waals surface area contributed by atoms with Crippen molar-refractivity contribution >= 4 is 6.71 Å². The molecule has 0 fully saturated rings. The normalized spacial score (nSPS) is 9.00. The molecule has 0 unspecified atom stereocenters. The van der Waals surface area contributed by atoms with Gasteiger partial charge in [-0.3, -0.25) is 0 Å². The maximum Gasteiger partial charge on any atom is 1.00 e. The topological polar surface area (TPSA) is 0 Å². The third-order valence-corrected chi connectivity index (χ3v) is 2.12. The van der Waals surface area contributed by atoms with Gasteiger partial charge in [-0.1, -0.05) is 20.8 Å². The Balaban J connectivity index is 0. The summed E-state index contributed by atoms with van der Waals surface area (Å²) in [6.07, 6.45) is 4.31. The molecule has 0 atom stereocenters. The molecule has 0 aliphatic carbocycles. The van der Waals surface area contributed by atoms with Gasteiger partial charge in [0.2, 0.25) is 0 Å². The van der Waals surface area contributed by atoms with Crippen molar-refractivity contribution < 1.29 is 29.6 Å². The van der Waals surface area contributed by atoms with Gasteiger partial charge in [-0.05, 0) is 6.71 Å². The van der Waals surface area contributed by atoms with Gasteiger partial charge in [0.05, 0.1) is 0 Å². The summed E-state index contributed by atoms with van der Waals surface area (Å²) in [4.78, 5) is 0. The van der Waals surface area contributed by atoms with Crippen molar-refractivity contribution in [3.05, 3.63) is 0 Å². The fraction of sp³-hybridized carbons (Fsp3) is 1.00. The van der Waals surface area contributed by atoms with Crippen molar-refractivity contribution in [2.24, 2.45) is 0 Å². The molecule has 0 nitrogen and oxygen atoms in total. The van der Waals surface area contributed by atoms with Gasteiger partial charge in [-0.25, -0.2) is 0 Å². The Hall–Kier alpha value is 1.06. The number of rotatable bonds is 3. The fourth-order valence-corrected chi connectivity index (χ4v) is 1.06. The maximum atomic E-state index is 2.30. The van der Waals surface area contributed by atoms with Crippen LogP contribution in [0.3, 0.4) is 0 Å². The summed E-state index contributed by atoms with van der Waals surface area (Å²) in [5, 5.41) is 0. The van der Waals surface area contributed by atoms with E-state index in [-0.39, 0.29) is 29.6 Å². The van der Waals surface area contributed by atoms with E-state index < -0.39 is 0 Å². The molecule has 8 heavy (non-hydrogen) atoms. The summed E-state index contributed by atoms with van der Waals surface area (Å²) in [7, 11) is 0. The second kappa shape index (κ2) is 8.06. The fourth-order valence-electron chi connectivity index (χ4n) is 1.06. The first kappa shape index (κ1) is 11.8. The van der Waals surface area contributed by atoms with Crippen LogP contribution in [-0.4, -0.2) is 6.71 Å². The van der Waals surface area contributed by atoms with E-state index in [2.05, 4.69) is 20.8 Å². The van der Waals surface area contributed by atoms with Crippen LogP contribution in [-0.2, 0) is 0 Å². The summed E-state index contributed by atoms with van der Waals surface area (Å²) >= 11 is 0. The van der Waals surface area contributed by atoms with Crippen LogP contribution >= 0.6 is 0 Å². The summed E-state index contributed by atoms with van der Waals surface area (Å²) in [6.45, 7) is 7.19. The van der Waals surface area contributed by atoms with Crippen molar-refractivity contribution in [1.29, 1.82) is 0 Å². The van der Waals surface area contributed by atoms with Crippen LogP contribution in [0.1, 0.15) is 20.8 Å². The molecule has 0 heterocycles. The zero-order chi connectivity index (χ0) is 5.70. The molecule has 0 saturated heterocycles. The minimum atomic E-state index is 0. The van der Waals surface area contributed by atoms with Crippen molar-refractivity contribution in [2.45, 2.75) is 39.7 Å². The Bertz CT molecular complexity index is 30.0. The van der Waals surface area contributed by atoms with Crippen LogP contribution in [0.25, 0.3) is 0 Å². The largest absolute Gasteiger partial charge is 1.00 e. The predicted octanol–water partition coefficient (Wildman–Crippen LogP) is -0.723. The van der Waals surface area contributed by atoms with Gasteiger partial charge in [0, 0.05) is 0 Å². The third-order valence-electron chi connectivity index (χ3n) is 2.12. The van der Waals surface area contributed by atoms with Crippen molar-refractivity contribution in [2.75, 3.05) is 0 Å². The molecule has 0 aromatic rings. The quantitative estimate of drug-likeness (QED) is 0.433. The molecule has 0 amide bonds. The van der Waals surface area contributed by atoms with E-state index in [1.165, 1.54) is 19.0 Å². The molecule has 0 saturated carbocycles. The number of hydrogen-bond donors (Lipinski definition) is 0. The molecule has 0 bridgehead atoms. The van der Waals surface area contributed by atoms with E-state index in [0.717, 1.165) is 0 Å². The molecule has 0 radical (unpaired) electrons. The summed E-state index contributed by atoms with van der Waals surface area (Å²) in [5.74, 6) is 0. The Kier molecular flexibility index (Phi) is 11.9. The van der Waals surface area contributed by atoms with Crippen LogP contribution in [0.15, 0.2) is 0 Å². The average molecular weight is 122 g/mol. The van der Waals surface area contributed by atoms with Gasteiger partial charge >= 0.3 is 29.6 Å². The Morgan fingerprint density at radius 3 is 1.12 bits per heavy atom. The standard InChI is InChI=1S/C6H16B.Na/c1-4-7(5-2)6-3;/h7H,4-6H2,1-3H3;/q-1;+1. The van der Waals surface area contributed by atoms with Gasteiger partial charge in [0.25, 0.3) is 0 Å². The average Bonchev–Trinajstić information content (AvgIpc) is 1.72. The molecule has 0 aliphatic rings. The minimum absolute atomic E-state index is 0. The summed E-state index contributed by atoms with van der Waals surface area (Å²) in [6, 6.07) is 0. The van der Waals surface area contributed by atoms with E-state index in [9.17, 15) is 0 Å². The first-order valence-corrected chi connectivity index (χ1v) is 3.62. The molecule has 0 spiro atoms. The first-order valence-electron chi connectivity index (χ1n) is 3.62. The monoisotopic (exact) mass is 122 g/mol. The van der Waals surface area contributed by atoms with E-state index in [1.54, 1.807) is 0 Å². The summed E-state index contributed by atoms with van der Waals surface area (Å²) in [5.41, 5.74) is 0. The van der Waals surface area contributed by atoms with E-state index in [0.29, 0.717) is 6.71 Å². The zero-order valence-electron chi connectivity index (χ0n) is 6.83. The van der Waals surface area contributed by atoms with Crippen LogP contribution in [0, 0.1) is 0 Å². The smallest absolute Gasteiger partial charge is 0.184 e. The van der Waals surface area contributed by atoms with Crippen LogP contribution in [0.2, 0.25) is 19.0 Å². The van der Waals surface area contributed by atoms with Gasteiger partial charge < -0.3 is 0 Å². The molecule has 0 N–H and O–H groups in total. The van der Waals surface area contributed by atoms with E-state index in [1.807, 2.05) is 0 Å². The zero-order valence-corrected chi connectivity index (χ0v) is 8.83. The van der Waals surface area contributed by atoms with Gasteiger partial charge in [0.1, 0.15) is 0 Å². The minimum Gasteiger partial charge on any atom is -0.184 e. The molecule has 2 heteroatoms. The second-order valence-corrected chi connectivity index (χ2v) is 2.56. The molecule has 0 aromatic heterocycles. The Morgan fingerprint density at radius 2 is 1.12 bits per heavy atom. The Morgan fingerprint density at radius 1 is 0.875 bits per heavy atom. The summed E-state index contributed by atoms with van der Waals surface area (Å²) < 4.78 is 0. The van der Waals surface area contributed by atoms with Crippen LogP contribution in [0.4, 0.5) is 0 Å². The van der Waals surface area contributed by atoms with E-state index >= 15 is 0 Å². The first-order chi connectivity index (χ1) is 3.35. The second-order valence-electron chi connectivity index (χ2n) is 2.56. The molecule has 0 aromatic carbocycles. The van der Waals surface area contributed by atoms with Gasteiger partial charge in [-0.2, -0.15) is 19.0 Å². The third kappa shape index (κ3) is 5.21. The van der Waals surface area contributed by atoms with Crippen LogP contribution in [0.5, 0.6) is 0 Å². The van der Waals surface area contributed by atoms with Crippen molar-refractivity contribution in [3.63, 3.8) is 0 Å². The Labute approximate surface area is 75.8 Å². The molecular formula is C6H16BNa. The molecule has 0 aliphatic heterocycles. The van der Waals surface area contributed by atoms with Gasteiger partial charge in [-0.15, -0.1) is 0 Å². The number of hydrogen-bond acceptors (Lipinski definition) is 0. The van der Waals surface area contributed by atoms with Crippen molar-refractivity contribution in [1.82, 2.24) is 0 Å². The maximum absolute atomic E-state index is 2.30. The molecule has 44 valence electrons.